The highest BCUT2D eigenvalue weighted by molar-refractivity contribution is 6.98. The zero-order valence-corrected chi connectivity index (χ0v) is 23.9. The molecule has 1 aromatic heterocycles. The fourth-order valence-electron chi connectivity index (χ4n) is 8.02. The molecule has 6 aromatic carbocycles. The van der Waals surface area contributed by atoms with Crippen molar-refractivity contribution < 1.29 is 9.47 Å². The van der Waals surface area contributed by atoms with E-state index in [0.29, 0.717) is 0 Å². The molecule has 4 heteroatoms. The number of hydrogen-bond acceptors (Lipinski definition) is 2. The van der Waals surface area contributed by atoms with Crippen LogP contribution in [0.15, 0.2) is 121 Å². The van der Waals surface area contributed by atoms with Gasteiger partial charge < -0.3 is 14.0 Å². The minimum Gasteiger partial charge on any atom is -0.458 e. The first-order valence-corrected chi connectivity index (χ1v) is 15.0. The summed E-state index contributed by atoms with van der Waals surface area (Å²) in [5, 5.41) is 2.49. The van der Waals surface area contributed by atoms with Gasteiger partial charge in [-0.2, -0.15) is 0 Å². The lowest BCUT2D eigenvalue weighted by Crippen LogP contribution is -2.57. The van der Waals surface area contributed by atoms with Gasteiger partial charge in [0.05, 0.1) is 16.7 Å². The standard InChI is InChI=1S/C39H26BNO2/c1-39(2)27-13-5-3-12-26(27)36-28(39)20-19-25-24-11-4-8-16-31(24)41(38(25)36)23-21-34-37-35(22-23)43-33-18-10-7-15-30(33)40(37)29-14-6-9-17-32(29)42-34/h3-22H,1-2H3. The number of para-hydroxylation sites is 3. The van der Waals surface area contributed by atoms with Crippen LogP contribution < -0.4 is 25.9 Å². The van der Waals surface area contributed by atoms with Crippen LogP contribution in [0.25, 0.3) is 38.6 Å². The Morgan fingerprint density at radius 3 is 1.95 bits per heavy atom. The molecule has 0 saturated heterocycles. The Hall–Kier alpha value is -5.22. The maximum Gasteiger partial charge on any atom is 0.260 e. The van der Waals surface area contributed by atoms with E-state index >= 15 is 0 Å². The molecular weight excluding hydrogens is 525 g/mol. The van der Waals surface area contributed by atoms with Crippen molar-refractivity contribution in [3.63, 3.8) is 0 Å². The van der Waals surface area contributed by atoms with Gasteiger partial charge in [-0.3, -0.25) is 0 Å². The van der Waals surface area contributed by atoms with E-state index in [9.17, 15) is 0 Å². The van der Waals surface area contributed by atoms with E-state index in [4.69, 9.17) is 9.47 Å². The lowest BCUT2D eigenvalue weighted by molar-refractivity contribution is 0.464. The Morgan fingerprint density at radius 1 is 0.581 bits per heavy atom. The van der Waals surface area contributed by atoms with Gasteiger partial charge in [-0.1, -0.05) is 105 Å². The molecule has 0 bridgehead atoms. The minimum absolute atomic E-state index is 0.0593. The molecule has 0 saturated carbocycles. The summed E-state index contributed by atoms with van der Waals surface area (Å²) in [6.45, 7) is 4.75. The normalized spacial score (nSPS) is 14.8. The van der Waals surface area contributed by atoms with Gasteiger partial charge in [0.15, 0.2) is 0 Å². The van der Waals surface area contributed by atoms with Crippen molar-refractivity contribution in [1.29, 1.82) is 0 Å². The van der Waals surface area contributed by atoms with Crippen LogP contribution in [-0.2, 0) is 5.41 Å². The lowest BCUT2D eigenvalue weighted by atomic mass is 9.35. The van der Waals surface area contributed by atoms with E-state index in [1.165, 1.54) is 55.0 Å². The molecule has 0 fully saturated rings. The number of nitrogens with zero attached hydrogens (tertiary/aromatic N) is 1. The second-order valence-corrected chi connectivity index (χ2v) is 12.5. The third kappa shape index (κ3) is 2.90. The van der Waals surface area contributed by atoms with Crippen molar-refractivity contribution in [2.24, 2.45) is 0 Å². The topological polar surface area (TPSA) is 23.4 Å². The van der Waals surface area contributed by atoms with Gasteiger partial charge in [0, 0.05) is 39.3 Å². The van der Waals surface area contributed by atoms with Crippen LogP contribution in [0, 0.1) is 0 Å². The summed E-state index contributed by atoms with van der Waals surface area (Å²) in [6, 6.07) is 43.5. The highest BCUT2D eigenvalue weighted by Gasteiger charge is 2.41. The molecule has 202 valence electrons. The van der Waals surface area contributed by atoms with Gasteiger partial charge >= 0.3 is 0 Å². The molecule has 10 rings (SSSR count). The number of benzene rings is 6. The van der Waals surface area contributed by atoms with Gasteiger partial charge in [-0.15, -0.1) is 0 Å². The molecule has 7 aromatic rings. The number of fused-ring (bicyclic) bond motifs is 11. The molecule has 3 heterocycles. The largest absolute Gasteiger partial charge is 0.458 e. The summed E-state index contributed by atoms with van der Waals surface area (Å²) in [5.41, 5.74) is 12.2. The smallest absolute Gasteiger partial charge is 0.260 e. The third-order valence-corrected chi connectivity index (χ3v) is 9.92. The van der Waals surface area contributed by atoms with E-state index < -0.39 is 0 Å². The predicted molar refractivity (Wildman–Crippen MR) is 176 cm³/mol. The highest BCUT2D eigenvalue weighted by atomic mass is 16.5. The van der Waals surface area contributed by atoms with Crippen LogP contribution in [0.2, 0.25) is 0 Å². The Morgan fingerprint density at radius 2 is 1.21 bits per heavy atom. The van der Waals surface area contributed by atoms with Crippen LogP contribution in [0.1, 0.15) is 25.0 Å². The van der Waals surface area contributed by atoms with Crippen LogP contribution in [0.4, 0.5) is 0 Å². The number of aromatic nitrogens is 1. The zero-order chi connectivity index (χ0) is 28.4. The molecule has 0 atom stereocenters. The van der Waals surface area contributed by atoms with E-state index in [1.807, 2.05) is 0 Å². The summed E-state index contributed by atoms with van der Waals surface area (Å²) in [5.74, 6) is 3.51. The lowest BCUT2D eigenvalue weighted by Gasteiger charge is -2.33. The Kier molecular flexibility index (Phi) is 4.34. The molecule has 0 N–H and O–H groups in total. The Bertz CT molecular complexity index is 2280. The second-order valence-electron chi connectivity index (χ2n) is 12.5. The number of rotatable bonds is 1. The molecule has 3 nitrogen and oxygen atoms in total. The highest BCUT2D eigenvalue weighted by Crippen LogP contribution is 2.53. The zero-order valence-electron chi connectivity index (χ0n) is 23.9. The van der Waals surface area contributed by atoms with Gasteiger partial charge in [-0.25, -0.2) is 0 Å². The molecule has 0 amide bonds. The summed E-state index contributed by atoms with van der Waals surface area (Å²) in [7, 11) is 0. The average Bonchev–Trinajstić information content (AvgIpc) is 3.50. The Balaban J connectivity index is 1.32. The number of hydrogen-bond donors (Lipinski definition) is 0. The monoisotopic (exact) mass is 551 g/mol. The third-order valence-electron chi connectivity index (χ3n) is 9.92. The first-order valence-electron chi connectivity index (χ1n) is 15.0. The van der Waals surface area contributed by atoms with Crippen LogP contribution >= 0.6 is 0 Å². The molecule has 2 aliphatic heterocycles. The van der Waals surface area contributed by atoms with E-state index in [-0.39, 0.29) is 12.1 Å². The SMILES string of the molecule is CC1(C)c2ccccc2-c2c1ccc1c3ccccc3n(-c3cc4c5c(c3)Oc3ccccc3B5c3ccccc3O4)c21. The maximum absolute atomic E-state index is 6.69. The predicted octanol–water partition coefficient (Wildman–Crippen LogP) is 7.82. The summed E-state index contributed by atoms with van der Waals surface area (Å²) in [6.07, 6.45) is 0. The molecule has 0 spiro atoms. The molecule has 0 radical (unpaired) electrons. The van der Waals surface area contributed by atoms with E-state index in [1.54, 1.807) is 0 Å². The van der Waals surface area contributed by atoms with Crippen LogP contribution in [-0.4, -0.2) is 11.3 Å². The first-order chi connectivity index (χ1) is 21.1. The van der Waals surface area contributed by atoms with Crippen LogP contribution in [0.5, 0.6) is 23.0 Å². The molecule has 0 unspecified atom stereocenters. The minimum atomic E-state index is -0.0872. The van der Waals surface area contributed by atoms with E-state index in [2.05, 4.69) is 140 Å². The van der Waals surface area contributed by atoms with Crippen molar-refractivity contribution in [2.75, 3.05) is 0 Å². The average molecular weight is 551 g/mol. The Labute approximate surface area is 250 Å². The van der Waals surface area contributed by atoms with Gasteiger partial charge in [-0.05, 0) is 45.8 Å². The maximum atomic E-state index is 6.69. The molecular formula is C39H26BNO2. The first kappa shape index (κ1) is 23.4. The number of ether oxygens (including phenoxy) is 2. The van der Waals surface area contributed by atoms with Gasteiger partial charge in [0.25, 0.3) is 6.71 Å². The summed E-state index contributed by atoms with van der Waals surface area (Å²) >= 11 is 0. The van der Waals surface area contributed by atoms with Crippen LogP contribution in [0.3, 0.4) is 0 Å². The second kappa shape index (κ2) is 7.99. The molecule has 3 aliphatic rings. The van der Waals surface area contributed by atoms with Crippen molar-refractivity contribution in [3.05, 3.63) is 132 Å². The fraction of sp³-hybridized carbons (Fsp3) is 0.0769. The quantitative estimate of drug-likeness (QED) is 0.194. The fourth-order valence-corrected chi connectivity index (χ4v) is 8.02. The van der Waals surface area contributed by atoms with Crippen molar-refractivity contribution >= 4 is 44.9 Å². The van der Waals surface area contributed by atoms with Crippen molar-refractivity contribution in [1.82, 2.24) is 4.57 Å². The van der Waals surface area contributed by atoms with Crippen molar-refractivity contribution in [2.45, 2.75) is 19.3 Å². The van der Waals surface area contributed by atoms with Gasteiger partial charge in [0.2, 0.25) is 0 Å². The summed E-state index contributed by atoms with van der Waals surface area (Å²) in [4.78, 5) is 0. The molecule has 43 heavy (non-hydrogen) atoms. The van der Waals surface area contributed by atoms with Crippen molar-refractivity contribution in [3.8, 4) is 39.8 Å². The molecule has 1 aliphatic carbocycles. The van der Waals surface area contributed by atoms with E-state index in [0.717, 1.165) is 34.1 Å². The van der Waals surface area contributed by atoms with Gasteiger partial charge in [0.1, 0.15) is 23.0 Å². The summed E-state index contributed by atoms with van der Waals surface area (Å²) < 4.78 is 15.8.